The van der Waals surface area contributed by atoms with Crippen LogP contribution in [0.2, 0.25) is 0 Å². The van der Waals surface area contributed by atoms with Crippen molar-refractivity contribution in [1.82, 2.24) is 10.2 Å². The number of aryl methyl sites for hydroxylation is 1. The lowest BCUT2D eigenvalue weighted by molar-refractivity contribution is -0.142. The molecule has 0 aromatic heterocycles. The highest BCUT2D eigenvalue weighted by atomic mass is 16.5. The zero-order valence-electron chi connectivity index (χ0n) is 14.2. The van der Waals surface area contributed by atoms with Gasteiger partial charge >= 0.3 is 5.97 Å². The summed E-state index contributed by atoms with van der Waals surface area (Å²) >= 11 is 0. The smallest absolute Gasteiger partial charge is 0.306 e. The maximum absolute atomic E-state index is 12.5. The van der Waals surface area contributed by atoms with Gasteiger partial charge in [-0.2, -0.15) is 0 Å². The van der Waals surface area contributed by atoms with Crippen molar-refractivity contribution in [3.63, 3.8) is 0 Å². The fourth-order valence-corrected chi connectivity index (χ4v) is 2.83. The number of ether oxygens (including phenoxy) is 1. The lowest BCUT2D eigenvalue weighted by Crippen LogP contribution is -2.46. The number of benzene rings is 1. The number of methoxy groups -OCH3 is 1. The molecule has 0 radical (unpaired) electrons. The summed E-state index contributed by atoms with van der Waals surface area (Å²) in [6.07, 6.45) is 1.67. The summed E-state index contributed by atoms with van der Waals surface area (Å²) in [7, 11) is 1.31. The maximum Gasteiger partial charge on any atom is 0.306 e. The van der Waals surface area contributed by atoms with Crippen LogP contribution in [0.15, 0.2) is 24.3 Å². The number of hydrogen-bond donors (Lipinski definition) is 1. The van der Waals surface area contributed by atoms with Gasteiger partial charge in [-0.3, -0.25) is 14.4 Å². The number of esters is 1. The number of likely N-dealkylation sites (tertiary alicyclic amines) is 1. The van der Waals surface area contributed by atoms with E-state index in [-0.39, 0.29) is 36.7 Å². The molecule has 1 fully saturated rings. The Balaban J connectivity index is 1.79. The summed E-state index contributed by atoms with van der Waals surface area (Å²) in [5, 5.41) is 2.92. The van der Waals surface area contributed by atoms with Gasteiger partial charge in [-0.05, 0) is 31.4 Å². The Morgan fingerprint density at radius 3 is 2.46 bits per heavy atom. The number of nitrogens with zero attached hydrogens (tertiary/aromatic N) is 1. The lowest BCUT2D eigenvalue weighted by atomic mass is 10.0. The van der Waals surface area contributed by atoms with Crippen molar-refractivity contribution in [3.8, 4) is 0 Å². The van der Waals surface area contributed by atoms with Crippen molar-refractivity contribution in [2.45, 2.75) is 38.6 Å². The third-order valence-electron chi connectivity index (χ3n) is 4.31. The molecule has 6 nitrogen and oxygen atoms in total. The minimum Gasteiger partial charge on any atom is -0.469 e. The number of piperidine rings is 1. The summed E-state index contributed by atoms with van der Waals surface area (Å²) in [5.74, 6) is -0.489. The first-order valence-electron chi connectivity index (χ1n) is 8.22. The molecule has 0 bridgehead atoms. The SMILES string of the molecule is COC(=O)CCC(=O)NC1CCN(C(=O)c2ccccc2C)CC1. The van der Waals surface area contributed by atoms with Crippen LogP contribution >= 0.6 is 0 Å². The first kappa shape index (κ1) is 18.0. The van der Waals surface area contributed by atoms with Gasteiger partial charge in [0.15, 0.2) is 0 Å². The molecular weight excluding hydrogens is 308 g/mol. The number of hydrogen-bond acceptors (Lipinski definition) is 4. The number of amides is 2. The van der Waals surface area contributed by atoms with E-state index in [1.807, 2.05) is 36.1 Å². The van der Waals surface area contributed by atoms with Crippen LogP contribution in [0.4, 0.5) is 0 Å². The highest BCUT2D eigenvalue weighted by Gasteiger charge is 2.25. The average molecular weight is 332 g/mol. The maximum atomic E-state index is 12.5. The molecule has 6 heteroatoms. The zero-order valence-corrected chi connectivity index (χ0v) is 14.2. The number of carbonyl (C=O) groups excluding carboxylic acids is 3. The van der Waals surface area contributed by atoms with Crippen LogP contribution in [0.3, 0.4) is 0 Å². The van der Waals surface area contributed by atoms with E-state index in [0.29, 0.717) is 13.1 Å². The van der Waals surface area contributed by atoms with Crippen LogP contribution in [0, 0.1) is 6.92 Å². The summed E-state index contributed by atoms with van der Waals surface area (Å²) < 4.78 is 4.52. The molecule has 1 heterocycles. The number of rotatable bonds is 5. The summed E-state index contributed by atoms with van der Waals surface area (Å²) in [4.78, 5) is 37.2. The Morgan fingerprint density at radius 2 is 1.83 bits per heavy atom. The fraction of sp³-hybridized carbons (Fsp3) is 0.500. The molecule has 0 atom stereocenters. The van der Waals surface area contributed by atoms with E-state index in [1.54, 1.807) is 0 Å². The van der Waals surface area contributed by atoms with Gasteiger partial charge in [0.1, 0.15) is 0 Å². The molecule has 1 aliphatic heterocycles. The molecule has 2 rings (SSSR count). The van der Waals surface area contributed by atoms with Gasteiger partial charge < -0.3 is 15.0 Å². The van der Waals surface area contributed by atoms with Crippen LogP contribution in [0.5, 0.6) is 0 Å². The Morgan fingerprint density at radius 1 is 1.17 bits per heavy atom. The van der Waals surface area contributed by atoms with Crippen LogP contribution in [-0.4, -0.2) is 48.9 Å². The Kier molecular flexibility index (Phi) is 6.35. The lowest BCUT2D eigenvalue weighted by Gasteiger charge is -2.32. The monoisotopic (exact) mass is 332 g/mol. The molecule has 130 valence electrons. The zero-order chi connectivity index (χ0) is 17.5. The van der Waals surface area contributed by atoms with Crippen molar-refractivity contribution in [1.29, 1.82) is 0 Å². The molecule has 1 aromatic carbocycles. The van der Waals surface area contributed by atoms with E-state index < -0.39 is 0 Å². The standard InChI is InChI=1S/C18H24N2O4/c1-13-5-3-4-6-15(13)18(23)20-11-9-14(10-12-20)19-16(21)7-8-17(22)24-2/h3-6,14H,7-12H2,1-2H3,(H,19,21). The molecule has 1 aromatic rings. The van der Waals surface area contributed by atoms with Gasteiger partial charge in [0.25, 0.3) is 5.91 Å². The predicted molar refractivity (Wildman–Crippen MR) is 89.5 cm³/mol. The molecule has 2 amide bonds. The van der Waals surface area contributed by atoms with E-state index in [0.717, 1.165) is 24.0 Å². The van der Waals surface area contributed by atoms with Crippen LogP contribution in [0.25, 0.3) is 0 Å². The molecular formula is C18H24N2O4. The highest BCUT2D eigenvalue weighted by molar-refractivity contribution is 5.95. The third-order valence-corrected chi connectivity index (χ3v) is 4.31. The molecule has 1 N–H and O–H groups in total. The Bertz CT molecular complexity index is 607. The van der Waals surface area contributed by atoms with Gasteiger partial charge in [-0.1, -0.05) is 18.2 Å². The Labute approximate surface area is 142 Å². The van der Waals surface area contributed by atoms with Gasteiger partial charge in [0, 0.05) is 31.1 Å². The van der Waals surface area contributed by atoms with Crippen molar-refractivity contribution in [2.75, 3.05) is 20.2 Å². The van der Waals surface area contributed by atoms with Crippen molar-refractivity contribution < 1.29 is 19.1 Å². The van der Waals surface area contributed by atoms with E-state index >= 15 is 0 Å². The Hall–Kier alpha value is -2.37. The van der Waals surface area contributed by atoms with Gasteiger partial charge in [0.2, 0.25) is 5.91 Å². The molecule has 1 aliphatic rings. The first-order valence-corrected chi connectivity index (χ1v) is 8.22. The topological polar surface area (TPSA) is 75.7 Å². The molecule has 1 saturated heterocycles. The van der Waals surface area contributed by atoms with Gasteiger partial charge in [-0.25, -0.2) is 0 Å². The third kappa shape index (κ3) is 4.81. The molecule has 24 heavy (non-hydrogen) atoms. The molecule has 0 aliphatic carbocycles. The second kappa shape index (κ2) is 8.47. The quantitative estimate of drug-likeness (QED) is 0.832. The van der Waals surface area contributed by atoms with Crippen LogP contribution < -0.4 is 5.32 Å². The van der Waals surface area contributed by atoms with Crippen molar-refractivity contribution >= 4 is 17.8 Å². The summed E-state index contributed by atoms with van der Waals surface area (Å²) in [5.41, 5.74) is 1.71. The second-order valence-corrected chi connectivity index (χ2v) is 6.03. The van der Waals surface area contributed by atoms with Gasteiger partial charge in [0.05, 0.1) is 13.5 Å². The minimum absolute atomic E-state index is 0.0450. The fourth-order valence-electron chi connectivity index (χ4n) is 2.83. The summed E-state index contributed by atoms with van der Waals surface area (Å²) in [6.45, 7) is 3.17. The number of nitrogens with one attached hydrogen (secondary N) is 1. The number of carbonyl (C=O) groups is 3. The van der Waals surface area contributed by atoms with Crippen LogP contribution in [0.1, 0.15) is 41.6 Å². The van der Waals surface area contributed by atoms with E-state index in [1.165, 1.54) is 7.11 Å². The second-order valence-electron chi connectivity index (χ2n) is 6.03. The largest absolute Gasteiger partial charge is 0.469 e. The van der Waals surface area contributed by atoms with Crippen molar-refractivity contribution in [3.05, 3.63) is 35.4 Å². The summed E-state index contributed by atoms with van der Waals surface area (Å²) in [6, 6.07) is 7.62. The van der Waals surface area contributed by atoms with Gasteiger partial charge in [-0.15, -0.1) is 0 Å². The van der Waals surface area contributed by atoms with E-state index in [4.69, 9.17) is 0 Å². The molecule has 0 spiro atoms. The molecule has 0 saturated carbocycles. The minimum atomic E-state index is -0.385. The van der Waals surface area contributed by atoms with E-state index in [9.17, 15) is 14.4 Å². The highest BCUT2D eigenvalue weighted by Crippen LogP contribution is 2.16. The predicted octanol–water partition coefficient (Wildman–Crippen LogP) is 1.67. The first-order chi connectivity index (χ1) is 11.5. The van der Waals surface area contributed by atoms with E-state index in [2.05, 4.69) is 10.1 Å². The molecule has 0 unspecified atom stereocenters. The average Bonchev–Trinajstić information content (AvgIpc) is 2.60. The normalized spacial score (nSPS) is 15.0. The van der Waals surface area contributed by atoms with Crippen molar-refractivity contribution in [2.24, 2.45) is 0 Å². The van der Waals surface area contributed by atoms with Crippen LogP contribution in [-0.2, 0) is 14.3 Å².